The van der Waals surface area contributed by atoms with E-state index in [1.807, 2.05) is 0 Å². The Morgan fingerprint density at radius 1 is 1.44 bits per heavy atom. The van der Waals surface area contributed by atoms with Gasteiger partial charge in [-0.3, -0.25) is 4.79 Å². The van der Waals surface area contributed by atoms with Crippen LogP contribution in [-0.2, 0) is 4.79 Å². The molecule has 0 aromatic heterocycles. The molecule has 1 N–H and O–H groups in total. The smallest absolute Gasteiger partial charge is 0.422 e. The van der Waals surface area contributed by atoms with Gasteiger partial charge in [0.25, 0.3) is 0 Å². The van der Waals surface area contributed by atoms with Crippen LogP contribution in [0.5, 0.6) is 0 Å². The highest BCUT2D eigenvalue weighted by atomic mass is 19.4. The van der Waals surface area contributed by atoms with E-state index in [4.69, 9.17) is 5.11 Å². The Balaban J connectivity index is 4.32. The predicted molar refractivity (Wildman–Crippen MR) is 22.8 cm³/mol. The Morgan fingerprint density at radius 3 is 1.89 bits per heavy atom. The number of hydrogen-bond acceptors (Lipinski definition) is 2. The van der Waals surface area contributed by atoms with E-state index in [0.29, 0.717) is 0 Å². The summed E-state index contributed by atoms with van der Waals surface area (Å²) in [5.74, 6) is 0. The summed E-state index contributed by atoms with van der Waals surface area (Å²) in [4.78, 5) is 9.43. The molecule has 0 spiro atoms. The summed E-state index contributed by atoms with van der Waals surface area (Å²) in [5, 5.41) is 7.75. The second-order valence-corrected chi connectivity index (χ2v) is 1.20. The van der Waals surface area contributed by atoms with E-state index in [0.717, 1.165) is 0 Å². The number of alkyl halides is 3. The average molecular weight is 140 g/mol. The number of carbonyl (C=O) groups excluding carboxylic acids is 1. The summed E-state index contributed by atoms with van der Waals surface area (Å²) >= 11 is 0. The SMILES string of the molecule is O=C/C(=C/O)C(F)(F)F. The molecule has 0 aliphatic carbocycles. The maximum Gasteiger partial charge on any atom is 0.422 e. The van der Waals surface area contributed by atoms with Crippen molar-refractivity contribution in [1.82, 2.24) is 0 Å². The zero-order valence-corrected chi connectivity index (χ0v) is 4.14. The molecule has 2 nitrogen and oxygen atoms in total. The lowest BCUT2D eigenvalue weighted by Crippen LogP contribution is -2.12. The third-order valence-corrected chi connectivity index (χ3v) is 0.593. The fourth-order valence-corrected chi connectivity index (χ4v) is 0.170. The Labute approximate surface area is 48.6 Å². The van der Waals surface area contributed by atoms with Crippen molar-refractivity contribution in [3.63, 3.8) is 0 Å². The summed E-state index contributed by atoms with van der Waals surface area (Å²) in [6, 6.07) is 0. The number of aldehydes is 1. The molecule has 0 saturated carbocycles. The highest BCUT2D eigenvalue weighted by molar-refractivity contribution is 5.74. The van der Waals surface area contributed by atoms with Crippen molar-refractivity contribution in [3.8, 4) is 0 Å². The van der Waals surface area contributed by atoms with Gasteiger partial charge in [0.05, 0.1) is 6.26 Å². The molecular weight excluding hydrogens is 137 g/mol. The molecule has 0 saturated heterocycles. The van der Waals surface area contributed by atoms with Gasteiger partial charge in [-0.05, 0) is 0 Å². The summed E-state index contributed by atoms with van der Waals surface area (Å²) in [6.07, 6.45) is -5.47. The molecule has 0 atom stereocenters. The van der Waals surface area contributed by atoms with E-state index in [1.54, 1.807) is 0 Å². The molecule has 0 amide bonds. The zero-order chi connectivity index (χ0) is 7.49. The van der Waals surface area contributed by atoms with Gasteiger partial charge >= 0.3 is 6.18 Å². The molecule has 0 aromatic carbocycles. The summed E-state index contributed by atoms with van der Waals surface area (Å²) in [6.45, 7) is 0. The van der Waals surface area contributed by atoms with E-state index < -0.39 is 18.0 Å². The van der Waals surface area contributed by atoms with Gasteiger partial charge in [0.2, 0.25) is 0 Å². The molecule has 9 heavy (non-hydrogen) atoms. The predicted octanol–water partition coefficient (Wildman–Crippen LogP) is 1.19. The topological polar surface area (TPSA) is 37.3 Å². The highest BCUT2D eigenvalue weighted by Crippen LogP contribution is 2.22. The van der Waals surface area contributed by atoms with Crippen LogP contribution in [0.15, 0.2) is 11.8 Å². The molecule has 5 heteroatoms. The molecule has 0 unspecified atom stereocenters. The van der Waals surface area contributed by atoms with Crippen molar-refractivity contribution in [2.45, 2.75) is 6.18 Å². The molecule has 0 aliphatic heterocycles. The van der Waals surface area contributed by atoms with E-state index in [9.17, 15) is 18.0 Å². The number of aliphatic hydroxyl groups excluding tert-OH is 1. The minimum absolute atomic E-state index is 0.271. The first kappa shape index (κ1) is 8.00. The van der Waals surface area contributed by atoms with Gasteiger partial charge in [0.1, 0.15) is 5.57 Å². The lowest BCUT2D eigenvalue weighted by atomic mass is 10.3. The largest absolute Gasteiger partial charge is 0.515 e. The van der Waals surface area contributed by atoms with Crippen LogP contribution in [0.3, 0.4) is 0 Å². The van der Waals surface area contributed by atoms with Crippen LogP contribution >= 0.6 is 0 Å². The van der Waals surface area contributed by atoms with Crippen molar-refractivity contribution in [3.05, 3.63) is 11.8 Å². The van der Waals surface area contributed by atoms with E-state index in [2.05, 4.69) is 0 Å². The van der Waals surface area contributed by atoms with Crippen LogP contribution in [0.2, 0.25) is 0 Å². The third-order valence-electron chi connectivity index (χ3n) is 0.593. The average Bonchev–Trinajstić information content (AvgIpc) is 1.65. The minimum Gasteiger partial charge on any atom is -0.515 e. The second kappa shape index (κ2) is 2.52. The first-order valence-electron chi connectivity index (χ1n) is 1.89. The maximum atomic E-state index is 11.3. The molecule has 52 valence electrons. The zero-order valence-electron chi connectivity index (χ0n) is 4.14. The quantitative estimate of drug-likeness (QED) is 0.337. The summed E-state index contributed by atoms with van der Waals surface area (Å²) in [5.41, 5.74) is -1.58. The minimum atomic E-state index is -4.74. The van der Waals surface area contributed by atoms with Gasteiger partial charge < -0.3 is 5.11 Å². The van der Waals surface area contributed by atoms with Gasteiger partial charge in [-0.25, -0.2) is 0 Å². The van der Waals surface area contributed by atoms with Crippen molar-refractivity contribution in [2.24, 2.45) is 0 Å². The van der Waals surface area contributed by atoms with E-state index in [-0.39, 0.29) is 6.26 Å². The van der Waals surface area contributed by atoms with Crippen LogP contribution < -0.4 is 0 Å². The number of halogens is 3. The first-order chi connectivity index (χ1) is 4.02. The van der Waals surface area contributed by atoms with Crippen molar-refractivity contribution >= 4 is 6.29 Å². The van der Waals surface area contributed by atoms with Gasteiger partial charge in [-0.1, -0.05) is 0 Å². The van der Waals surface area contributed by atoms with Crippen LogP contribution in [-0.4, -0.2) is 17.6 Å². The summed E-state index contributed by atoms with van der Waals surface area (Å²) < 4.78 is 33.8. The number of rotatable bonds is 1. The van der Waals surface area contributed by atoms with Crippen LogP contribution in [0.25, 0.3) is 0 Å². The lowest BCUT2D eigenvalue weighted by molar-refractivity contribution is -0.119. The molecule has 0 fully saturated rings. The molecule has 0 rings (SSSR count). The number of carbonyl (C=O) groups is 1. The third kappa shape index (κ3) is 2.16. The molecule has 0 heterocycles. The maximum absolute atomic E-state index is 11.3. The fourth-order valence-electron chi connectivity index (χ4n) is 0.170. The first-order valence-corrected chi connectivity index (χ1v) is 1.89. The summed E-state index contributed by atoms with van der Waals surface area (Å²) in [7, 11) is 0. The standard InChI is InChI=1S/C4H3F3O2/c5-4(6,7)3(1-8)2-9/h1-2,8H/b3-1-. The molecule has 0 aliphatic rings. The van der Waals surface area contributed by atoms with Crippen molar-refractivity contribution in [1.29, 1.82) is 0 Å². The number of hydrogen-bond donors (Lipinski definition) is 1. The Bertz CT molecular complexity index is 135. The van der Waals surface area contributed by atoms with Crippen molar-refractivity contribution < 1.29 is 23.1 Å². The molecule has 0 radical (unpaired) electrons. The van der Waals surface area contributed by atoms with Crippen LogP contribution in [0, 0.1) is 0 Å². The fraction of sp³-hybridized carbons (Fsp3) is 0.250. The monoisotopic (exact) mass is 140 g/mol. The van der Waals surface area contributed by atoms with E-state index in [1.165, 1.54) is 0 Å². The molecule has 0 bridgehead atoms. The van der Waals surface area contributed by atoms with Gasteiger partial charge in [-0.2, -0.15) is 13.2 Å². The van der Waals surface area contributed by atoms with Crippen LogP contribution in [0.4, 0.5) is 13.2 Å². The van der Waals surface area contributed by atoms with Crippen molar-refractivity contribution in [2.75, 3.05) is 0 Å². The number of allylic oxidation sites excluding steroid dienone is 1. The lowest BCUT2D eigenvalue weighted by Gasteiger charge is -2.00. The second-order valence-electron chi connectivity index (χ2n) is 1.20. The molecule has 0 aromatic rings. The Hall–Kier alpha value is -1.00. The number of aliphatic hydroxyl groups is 1. The Morgan fingerprint density at radius 2 is 1.89 bits per heavy atom. The molecular formula is C4H3F3O2. The Kier molecular flexibility index (Phi) is 2.24. The highest BCUT2D eigenvalue weighted by Gasteiger charge is 2.33. The van der Waals surface area contributed by atoms with E-state index >= 15 is 0 Å². The van der Waals surface area contributed by atoms with Gasteiger partial charge in [-0.15, -0.1) is 0 Å². The normalized spacial score (nSPS) is 13.4. The van der Waals surface area contributed by atoms with Crippen LogP contribution in [0.1, 0.15) is 0 Å². The van der Waals surface area contributed by atoms with Gasteiger partial charge in [0.15, 0.2) is 6.29 Å². The van der Waals surface area contributed by atoms with Gasteiger partial charge in [0, 0.05) is 0 Å².